The van der Waals surface area contributed by atoms with Crippen molar-refractivity contribution in [2.45, 2.75) is 208 Å². The maximum absolute atomic E-state index is 13.2. The van der Waals surface area contributed by atoms with Gasteiger partial charge in [0.1, 0.15) is 34.8 Å². The molecule has 0 aromatic heterocycles. The second-order valence-electron chi connectivity index (χ2n) is 19.4. The largest absolute Gasteiger partial charge is 0.492 e. The number of aliphatic hydroxyl groups is 1. The molecule has 66 heavy (non-hydrogen) atoms. The van der Waals surface area contributed by atoms with Gasteiger partial charge in [0.2, 0.25) is 15.9 Å². The van der Waals surface area contributed by atoms with Gasteiger partial charge in [0.25, 0.3) is 0 Å². The summed E-state index contributed by atoms with van der Waals surface area (Å²) in [4.78, 5) is 33.9. The van der Waals surface area contributed by atoms with Crippen LogP contribution in [-0.4, -0.2) is 84.0 Å². The number of nitrogens with one attached hydrogen (secondary N) is 4. The molecule has 1 heterocycles. The first kappa shape index (κ1) is 59.9. The van der Waals surface area contributed by atoms with Gasteiger partial charge in [0.15, 0.2) is 5.96 Å². The molecule has 3 rings (SSSR count). The van der Waals surface area contributed by atoms with Crippen LogP contribution in [0.15, 0.2) is 46.1 Å². The van der Waals surface area contributed by atoms with Gasteiger partial charge in [-0.25, -0.2) is 13.2 Å². The minimum atomic E-state index is -4.02. The van der Waals surface area contributed by atoms with Crippen LogP contribution in [-0.2, 0) is 35.6 Å². The van der Waals surface area contributed by atoms with Crippen molar-refractivity contribution in [1.82, 2.24) is 15.4 Å². The Morgan fingerprint density at radius 3 is 1.80 bits per heavy atom. The summed E-state index contributed by atoms with van der Waals surface area (Å²) in [5.41, 5.74) is 6.79. The highest BCUT2D eigenvalue weighted by atomic mass is 32.2. The molecule has 16 heteroatoms. The van der Waals surface area contributed by atoms with Crippen molar-refractivity contribution in [3.05, 3.63) is 51.6 Å². The van der Waals surface area contributed by atoms with Crippen LogP contribution < -0.4 is 25.8 Å². The number of sulfonamides is 1. The average Bonchev–Trinajstić information content (AvgIpc) is 3.55. The second-order valence-corrected chi connectivity index (χ2v) is 21.1. The number of amides is 1. The van der Waals surface area contributed by atoms with E-state index < -0.39 is 34.0 Å². The molecule has 0 spiro atoms. The topological polar surface area (TPSA) is 250 Å². The summed E-state index contributed by atoms with van der Waals surface area (Å²) < 4.78 is 40.5. The monoisotopic (exact) mass is 950 g/mol. The molecule has 0 bridgehead atoms. The minimum Gasteiger partial charge on any atom is -0.492 e. The number of aliphatic hydroxyl groups excluding tert-OH is 1. The first-order valence-electron chi connectivity index (χ1n) is 24.2. The van der Waals surface area contributed by atoms with Crippen molar-refractivity contribution in [3.8, 4) is 5.75 Å². The van der Waals surface area contributed by atoms with Gasteiger partial charge in [-0.05, 0) is 103 Å². The molecule has 4 atom stereocenters. The van der Waals surface area contributed by atoms with Gasteiger partial charge in [0.05, 0.1) is 4.91 Å². The van der Waals surface area contributed by atoms with Crippen LogP contribution in [0.4, 0.5) is 0 Å². The van der Waals surface area contributed by atoms with Gasteiger partial charge in [-0.1, -0.05) is 109 Å². The molecular formula is C50H87N5O10S. The van der Waals surface area contributed by atoms with E-state index >= 15 is 0 Å². The Morgan fingerprint density at radius 2 is 1.36 bits per heavy atom. The number of carbonyl (C=O) groups is 3. The average molecular weight is 950 g/mol. The molecule has 1 aromatic rings. The van der Waals surface area contributed by atoms with E-state index in [0.29, 0.717) is 31.6 Å². The molecular weight excluding hydrogens is 863 g/mol. The lowest BCUT2D eigenvalue weighted by atomic mass is 9.79. The van der Waals surface area contributed by atoms with Crippen molar-refractivity contribution < 1.29 is 47.6 Å². The van der Waals surface area contributed by atoms with Gasteiger partial charge < -0.3 is 41.2 Å². The summed E-state index contributed by atoms with van der Waals surface area (Å²) in [5.74, 6) is -1.66. The third-order valence-electron chi connectivity index (χ3n) is 11.6. The normalized spacial score (nSPS) is 17.5. The molecule has 2 aliphatic rings. The number of carboxylic acid groups (broad SMARTS) is 2. The molecule has 1 amide bonds. The number of rotatable bonds is 27. The van der Waals surface area contributed by atoms with E-state index in [-0.39, 0.29) is 52.7 Å². The zero-order valence-corrected chi connectivity index (χ0v) is 42.8. The van der Waals surface area contributed by atoms with Gasteiger partial charge >= 0.3 is 11.9 Å². The summed E-state index contributed by atoms with van der Waals surface area (Å²) in [7, 11) is -4.02. The van der Waals surface area contributed by atoms with Crippen LogP contribution in [0.2, 0.25) is 0 Å². The molecule has 0 saturated carbocycles. The Bertz CT molecular complexity index is 1810. The van der Waals surface area contributed by atoms with E-state index in [1.165, 1.54) is 90.4 Å². The molecule has 1 aliphatic heterocycles. The Hall–Kier alpha value is -4.15. The number of hydrogen-bond donors (Lipinski definition) is 8. The Morgan fingerprint density at radius 1 is 0.864 bits per heavy atom. The third-order valence-corrected chi connectivity index (χ3v) is 13.4. The maximum Gasteiger partial charge on any atom is 0.326 e. The minimum absolute atomic E-state index is 0.0525. The summed E-state index contributed by atoms with van der Waals surface area (Å²) >= 11 is 0. The fraction of sp³-hybridized carbons (Fsp3) is 0.720. The summed E-state index contributed by atoms with van der Waals surface area (Å²) in [6.07, 6.45) is 20.6. The van der Waals surface area contributed by atoms with Crippen LogP contribution in [0.1, 0.15) is 184 Å². The predicted molar refractivity (Wildman–Crippen MR) is 264 cm³/mol. The fourth-order valence-electron chi connectivity index (χ4n) is 8.18. The van der Waals surface area contributed by atoms with Crippen molar-refractivity contribution >= 4 is 33.8 Å². The van der Waals surface area contributed by atoms with Crippen molar-refractivity contribution in [2.24, 2.45) is 17.6 Å². The van der Waals surface area contributed by atoms with Crippen LogP contribution >= 0.6 is 0 Å². The molecule has 1 saturated heterocycles. The number of guanidine groups is 1. The van der Waals surface area contributed by atoms with Gasteiger partial charge in [-0.3, -0.25) is 15.0 Å². The fourth-order valence-corrected chi connectivity index (χ4v) is 10.1. The number of aliphatic carboxylic acids is 2. The van der Waals surface area contributed by atoms with Crippen molar-refractivity contribution in [2.75, 3.05) is 13.2 Å². The summed E-state index contributed by atoms with van der Waals surface area (Å²) in [6.45, 7) is 19.5. The van der Waals surface area contributed by atoms with E-state index in [9.17, 15) is 27.9 Å². The molecule has 378 valence electrons. The summed E-state index contributed by atoms with van der Waals surface area (Å²) in [5, 5.41) is 39.3. The number of allylic oxidation sites excluding steroid dienone is 4. The quantitative estimate of drug-likeness (QED) is 0.0234. The Kier molecular flexibility index (Phi) is 27.5. The number of nitrogens with two attached hydrogens (primary N) is 1. The number of carboxylic acids is 2. The van der Waals surface area contributed by atoms with Crippen LogP contribution in [0.25, 0.3) is 0 Å². The van der Waals surface area contributed by atoms with Gasteiger partial charge in [-0.15, -0.1) is 0 Å². The lowest BCUT2D eigenvalue weighted by molar-refractivity contribution is -0.141. The van der Waals surface area contributed by atoms with Crippen LogP contribution in [0, 0.1) is 17.2 Å². The Labute approximate surface area is 397 Å². The third kappa shape index (κ3) is 24.0. The van der Waals surface area contributed by atoms with E-state index in [2.05, 4.69) is 22.3 Å². The lowest BCUT2D eigenvalue weighted by Crippen LogP contribution is -2.43. The highest BCUT2D eigenvalue weighted by molar-refractivity contribution is 7.93. The Balaban J connectivity index is 0.000000519. The van der Waals surface area contributed by atoms with Gasteiger partial charge in [0, 0.05) is 38.3 Å². The first-order chi connectivity index (χ1) is 30.9. The lowest BCUT2D eigenvalue weighted by Gasteiger charge is -2.31. The number of ether oxygens (including phenoxy) is 2. The molecule has 1 aliphatic carbocycles. The standard InChI is InChI=1S/C19H32N4O5S.C16H34O.C15H21NO4/c1-10-11(2)16(12(3)13-9-19(4,5)28-15(10)13)29(26,27)23-14(17(24)25)7-6-8-22-18(20)21;1-2-3-4-5-6-7-8-9-10-11-12-13-14-15-16-17;1-10(17)16-13(14(18)19)9-11-5-7-12(8-6-11)20-15(2,3)4/h12-14,23H,6-9H2,1-5H3,(H,24,25)(H4,20,21,22);17H,2-16H2,1H3;5-8,13H,9H2,1-4H3,(H,16,17)(H,18,19). The number of hydrogen-bond acceptors (Lipinski definition) is 9. The zero-order valence-electron chi connectivity index (χ0n) is 41.9. The molecule has 4 unspecified atom stereocenters. The van der Waals surface area contributed by atoms with Gasteiger partial charge in [-0.2, -0.15) is 4.72 Å². The van der Waals surface area contributed by atoms with E-state index in [1.54, 1.807) is 31.2 Å². The highest BCUT2D eigenvalue weighted by Gasteiger charge is 2.47. The van der Waals surface area contributed by atoms with Crippen LogP contribution in [0.3, 0.4) is 0 Å². The molecule has 9 N–H and O–H groups in total. The van der Waals surface area contributed by atoms with Crippen molar-refractivity contribution in [3.63, 3.8) is 0 Å². The highest BCUT2D eigenvalue weighted by Crippen LogP contribution is 2.50. The number of carbonyl (C=O) groups excluding carboxylic acids is 1. The zero-order chi connectivity index (χ0) is 50.1. The molecule has 1 fully saturated rings. The molecule has 0 radical (unpaired) electrons. The first-order valence-corrected chi connectivity index (χ1v) is 25.7. The number of benzene rings is 1. The van der Waals surface area contributed by atoms with Crippen molar-refractivity contribution in [1.29, 1.82) is 5.41 Å². The van der Waals surface area contributed by atoms with E-state index in [0.717, 1.165) is 29.1 Å². The van der Waals surface area contributed by atoms with E-state index in [1.807, 2.05) is 48.5 Å². The molecule has 1 aromatic carbocycles. The van der Waals surface area contributed by atoms with Crippen LogP contribution in [0.5, 0.6) is 5.75 Å². The number of unbranched alkanes of at least 4 members (excludes halogenated alkanes) is 13. The van der Waals surface area contributed by atoms with E-state index in [4.69, 9.17) is 30.8 Å². The molecule has 15 nitrogen and oxygen atoms in total. The maximum atomic E-state index is 13.2. The predicted octanol–water partition coefficient (Wildman–Crippen LogP) is 9.09. The summed E-state index contributed by atoms with van der Waals surface area (Å²) in [6, 6.07) is 5.03. The smallest absolute Gasteiger partial charge is 0.326 e. The SMILES string of the molecule is CC(=O)NC(Cc1ccc(OC(C)(C)C)cc1)C(=O)O.CC1=C2OC(C)(C)CC2C(C)C(S(=O)(=O)NC(CCCNC(=N)N)C(=O)O)=C1C.CCCCCCCCCCCCCCCCO. The number of fused-ring (bicyclic) bond motifs is 1. The second kappa shape index (κ2) is 30.3.